The summed E-state index contributed by atoms with van der Waals surface area (Å²) >= 11 is 0. The predicted molar refractivity (Wildman–Crippen MR) is 73.6 cm³/mol. The van der Waals surface area contributed by atoms with E-state index in [0.29, 0.717) is 23.9 Å². The highest BCUT2D eigenvalue weighted by atomic mass is 16.5. The number of hydrogen-bond acceptors (Lipinski definition) is 3. The van der Waals surface area contributed by atoms with Gasteiger partial charge in [-0.1, -0.05) is 19.9 Å². The summed E-state index contributed by atoms with van der Waals surface area (Å²) in [6, 6.07) is 5.42. The third-order valence-corrected chi connectivity index (χ3v) is 2.66. The number of ether oxygens (including phenoxy) is 1. The molecule has 0 saturated heterocycles. The maximum Gasteiger partial charge on any atom is 0.257 e. The molecule has 0 aliphatic rings. The highest BCUT2D eigenvalue weighted by Crippen LogP contribution is 2.18. The lowest BCUT2D eigenvalue weighted by molar-refractivity contribution is -0.123. The molecule has 0 unspecified atom stereocenters. The zero-order chi connectivity index (χ0) is 13.5. The quantitative estimate of drug-likeness (QED) is 0.760. The van der Waals surface area contributed by atoms with Crippen molar-refractivity contribution in [3.63, 3.8) is 0 Å². The minimum atomic E-state index is -0.102. The molecular weight excluding hydrogens is 228 g/mol. The molecule has 0 fully saturated rings. The van der Waals surface area contributed by atoms with Crippen molar-refractivity contribution >= 4 is 11.6 Å². The molecule has 3 N–H and O–H groups in total. The molecule has 0 aromatic heterocycles. The van der Waals surface area contributed by atoms with Crippen LogP contribution in [0.1, 0.15) is 25.8 Å². The molecule has 0 radical (unpaired) electrons. The van der Waals surface area contributed by atoms with E-state index in [4.69, 9.17) is 10.5 Å². The Balaban J connectivity index is 2.31. The Labute approximate surface area is 109 Å². The predicted octanol–water partition coefficient (Wildman–Crippen LogP) is 2.12. The van der Waals surface area contributed by atoms with Gasteiger partial charge in [0.1, 0.15) is 5.75 Å². The van der Waals surface area contributed by atoms with Gasteiger partial charge in [-0.05, 0) is 30.9 Å². The van der Waals surface area contributed by atoms with E-state index in [2.05, 4.69) is 19.2 Å². The van der Waals surface area contributed by atoms with Gasteiger partial charge in [-0.15, -0.1) is 0 Å². The van der Waals surface area contributed by atoms with E-state index in [0.717, 1.165) is 12.0 Å². The van der Waals surface area contributed by atoms with E-state index < -0.39 is 0 Å². The van der Waals surface area contributed by atoms with Gasteiger partial charge in [0.2, 0.25) is 0 Å². The number of nitrogens with two attached hydrogens (primary N) is 1. The van der Waals surface area contributed by atoms with Gasteiger partial charge in [-0.3, -0.25) is 4.79 Å². The summed E-state index contributed by atoms with van der Waals surface area (Å²) in [5, 5.41) is 2.82. The Morgan fingerprint density at radius 2 is 2.17 bits per heavy atom. The Kier molecular flexibility index (Phi) is 5.49. The Morgan fingerprint density at radius 1 is 1.44 bits per heavy atom. The van der Waals surface area contributed by atoms with Gasteiger partial charge >= 0.3 is 0 Å². The number of carbonyl (C=O) groups excluding carboxylic acids is 1. The number of benzene rings is 1. The average Bonchev–Trinajstić information content (AvgIpc) is 2.30. The van der Waals surface area contributed by atoms with Gasteiger partial charge in [0.15, 0.2) is 6.61 Å². The monoisotopic (exact) mass is 250 g/mol. The van der Waals surface area contributed by atoms with E-state index in [9.17, 15) is 4.79 Å². The van der Waals surface area contributed by atoms with Crippen LogP contribution in [0.5, 0.6) is 5.75 Å². The normalized spacial score (nSPS) is 10.4. The standard InChI is InChI=1S/C14H22N2O2/c1-10(2)6-7-16-14(17)9-18-12-5-4-11(3)13(15)8-12/h4-5,8,10H,6-7,9,15H2,1-3H3,(H,16,17). The summed E-state index contributed by atoms with van der Waals surface area (Å²) in [5.74, 6) is 1.11. The second-order valence-electron chi connectivity index (χ2n) is 4.84. The van der Waals surface area contributed by atoms with Gasteiger partial charge in [0.25, 0.3) is 5.91 Å². The summed E-state index contributed by atoms with van der Waals surface area (Å²) in [6.45, 7) is 6.89. The van der Waals surface area contributed by atoms with E-state index in [1.807, 2.05) is 19.1 Å². The lowest BCUT2D eigenvalue weighted by Gasteiger charge is -2.09. The number of anilines is 1. The molecule has 0 aliphatic heterocycles. The summed E-state index contributed by atoms with van der Waals surface area (Å²) in [6.07, 6.45) is 0.975. The molecular formula is C14H22N2O2. The fraction of sp³-hybridized carbons (Fsp3) is 0.500. The van der Waals surface area contributed by atoms with E-state index in [1.165, 1.54) is 0 Å². The number of hydrogen-bond donors (Lipinski definition) is 2. The van der Waals surface area contributed by atoms with Crippen molar-refractivity contribution in [1.82, 2.24) is 5.32 Å². The molecule has 4 heteroatoms. The first-order valence-electron chi connectivity index (χ1n) is 6.24. The summed E-state index contributed by atoms with van der Waals surface area (Å²) in [4.78, 5) is 11.5. The zero-order valence-electron chi connectivity index (χ0n) is 11.3. The van der Waals surface area contributed by atoms with Crippen LogP contribution in [0.4, 0.5) is 5.69 Å². The van der Waals surface area contributed by atoms with Crippen molar-refractivity contribution in [2.75, 3.05) is 18.9 Å². The Hall–Kier alpha value is -1.71. The van der Waals surface area contributed by atoms with Gasteiger partial charge in [0.05, 0.1) is 0 Å². The summed E-state index contributed by atoms with van der Waals surface area (Å²) < 4.78 is 5.37. The molecule has 1 rings (SSSR count). The second-order valence-corrected chi connectivity index (χ2v) is 4.84. The second kappa shape index (κ2) is 6.89. The number of carbonyl (C=O) groups is 1. The van der Waals surface area contributed by atoms with Crippen LogP contribution < -0.4 is 15.8 Å². The summed E-state index contributed by atoms with van der Waals surface area (Å²) in [5.41, 5.74) is 7.44. The average molecular weight is 250 g/mol. The lowest BCUT2D eigenvalue weighted by atomic mass is 10.1. The molecule has 0 spiro atoms. The molecule has 0 aliphatic carbocycles. The lowest BCUT2D eigenvalue weighted by Crippen LogP contribution is -2.30. The van der Waals surface area contributed by atoms with Crippen LogP contribution in [-0.4, -0.2) is 19.1 Å². The van der Waals surface area contributed by atoms with Crippen molar-refractivity contribution in [3.05, 3.63) is 23.8 Å². The third kappa shape index (κ3) is 5.08. The minimum absolute atomic E-state index is 0.0284. The number of nitrogens with one attached hydrogen (secondary N) is 1. The van der Waals surface area contributed by atoms with Crippen LogP contribution in [-0.2, 0) is 4.79 Å². The first-order chi connectivity index (χ1) is 8.49. The molecule has 1 aromatic carbocycles. The van der Waals surface area contributed by atoms with Crippen molar-refractivity contribution in [3.8, 4) is 5.75 Å². The van der Waals surface area contributed by atoms with Gasteiger partial charge < -0.3 is 15.8 Å². The molecule has 0 heterocycles. The van der Waals surface area contributed by atoms with Crippen LogP contribution in [0.25, 0.3) is 0 Å². The first kappa shape index (κ1) is 14.4. The molecule has 18 heavy (non-hydrogen) atoms. The molecule has 0 saturated carbocycles. The van der Waals surface area contributed by atoms with E-state index in [-0.39, 0.29) is 12.5 Å². The van der Waals surface area contributed by atoms with Gasteiger partial charge in [-0.25, -0.2) is 0 Å². The largest absolute Gasteiger partial charge is 0.484 e. The summed E-state index contributed by atoms with van der Waals surface area (Å²) in [7, 11) is 0. The van der Waals surface area contributed by atoms with Crippen LogP contribution in [0.15, 0.2) is 18.2 Å². The molecule has 0 bridgehead atoms. The van der Waals surface area contributed by atoms with Crippen molar-refractivity contribution in [1.29, 1.82) is 0 Å². The minimum Gasteiger partial charge on any atom is -0.484 e. The Morgan fingerprint density at radius 3 is 2.78 bits per heavy atom. The SMILES string of the molecule is Cc1ccc(OCC(=O)NCCC(C)C)cc1N. The van der Waals surface area contributed by atoms with E-state index in [1.54, 1.807) is 6.07 Å². The first-order valence-corrected chi connectivity index (χ1v) is 6.24. The van der Waals surface area contributed by atoms with Crippen molar-refractivity contribution in [2.45, 2.75) is 27.2 Å². The number of rotatable bonds is 6. The van der Waals surface area contributed by atoms with Crippen LogP contribution >= 0.6 is 0 Å². The molecule has 0 atom stereocenters. The maximum atomic E-state index is 11.5. The van der Waals surface area contributed by atoms with Crippen molar-refractivity contribution < 1.29 is 9.53 Å². The molecule has 1 aromatic rings. The fourth-order valence-corrected chi connectivity index (χ4v) is 1.41. The zero-order valence-corrected chi connectivity index (χ0v) is 11.3. The smallest absolute Gasteiger partial charge is 0.257 e. The molecule has 1 amide bonds. The maximum absolute atomic E-state index is 11.5. The molecule has 100 valence electrons. The van der Waals surface area contributed by atoms with Crippen LogP contribution in [0.3, 0.4) is 0 Å². The number of amides is 1. The Bertz CT molecular complexity index is 403. The fourth-order valence-electron chi connectivity index (χ4n) is 1.41. The third-order valence-electron chi connectivity index (χ3n) is 2.66. The number of aryl methyl sites for hydroxylation is 1. The molecule has 4 nitrogen and oxygen atoms in total. The topological polar surface area (TPSA) is 64.3 Å². The van der Waals surface area contributed by atoms with Crippen LogP contribution in [0.2, 0.25) is 0 Å². The van der Waals surface area contributed by atoms with E-state index >= 15 is 0 Å². The number of nitrogen functional groups attached to an aromatic ring is 1. The van der Waals surface area contributed by atoms with Gasteiger partial charge in [-0.2, -0.15) is 0 Å². The van der Waals surface area contributed by atoms with Crippen molar-refractivity contribution in [2.24, 2.45) is 5.92 Å². The van der Waals surface area contributed by atoms with Crippen LogP contribution in [0, 0.1) is 12.8 Å². The highest BCUT2D eigenvalue weighted by molar-refractivity contribution is 5.77. The highest BCUT2D eigenvalue weighted by Gasteiger charge is 2.04. The van der Waals surface area contributed by atoms with Gasteiger partial charge in [0, 0.05) is 18.3 Å².